The lowest BCUT2D eigenvalue weighted by Gasteiger charge is -2.27. The molecule has 3 nitrogen and oxygen atoms in total. The van der Waals surface area contributed by atoms with Crippen molar-refractivity contribution in [3.8, 4) is 16.8 Å². The zero-order valence-electron chi connectivity index (χ0n) is 25.4. The highest BCUT2D eigenvalue weighted by Crippen LogP contribution is 2.44. The number of nitrogens with zero attached hydrogens (tertiary/aromatic N) is 2. The van der Waals surface area contributed by atoms with Crippen LogP contribution in [0.1, 0.15) is 5.56 Å². The van der Waals surface area contributed by atoms with E-state index in [-0.39, 0.29) is 0 Å². The predicted octanol–water partition coefficient (Wildman–Crippen LogP) is 12.1. The van der Waals surface area contributed by atoms with Crippen molar-refractivity contribution in [1.82, 2.24) is 4.57 Å². The van der Waals surface area contributed by atoms with E-state index in [1.165, 1.54) is 33.0 Å². The van der Waals surface area contributed by atoms with E-state index in [1.807, 2.05) is 12.1 Å². The van der Waals surface area contributed by atoms with Crippen molar-refractivity contribution in [3.63, 3.8) is 0 Å². The summed E-state index contributed by atoms with van der Waals surface area (Å²) in [4.78, 5) is 2.40. The van der Waals surface area contributed by atoms with Crippen LogP contribution in [0.4, 0.5) is 17.1 Å². The Morgan fingerprint density at radius 2 is 1.17 bits per heavy atom. The molecule has 0 bridgehead atoms. The Hall–Kier alpha value is -6.06. The van der Waals surface area contributed by atoms with Crippen LogP contribution in [0.25, 0.3) is 60.6 Å². The van der Waals surface area contributed by atoms with Crippen LogP contribution in [-0.2, 0) is 0 Å². The highest BCUT2D eigenvalue weighted by molar-refractivity contribution is 6.17. The molecule has 3 heteroatoms. The van der Waals surface area contributed by atoms with Crippen LogP contribution >= 0.6 is 0 Å². The van der Waals surface area contributed by atoms with Gasteiger partial charge in [0.2, 0.25) is 0 Å². The van der Waals surface area contributed by atoms with Gasteiger partial charge in [-0.05, 0) is 84.8 Å². The summed E-state index contributed by atoms with van der Waals surface area (Å²) in [5, 5.41) is 4.67. The first kappa shape index (κ1) is 26.4. The number of aryl methyl sites for hydroxylation is 1. The first-order valence-corrected chi connectivity index (χ1v) is 15.7. The molecule has 0 spiro atoms. The van der Waals surface area contributed by atoms with Gasteiger partial charge in [-0.25, -0.2) is 0 Å². The fourth-order valence-electron chi connectivity index (χ4n) is 6.89. The first-order valence-electron chi connectivity index (χ1n) is 15.7. The maximum atomic E-state index is 6.18. The summed E-state index contributed by atoms with van der Waals surface area (Å²) in [6.07, 6.45) is 0. The lowest BCUT2D eigenvalue weighted by Crippen LogP contribution is -2.10. The SMILES string of the molecule is Cc1ccc(N(c2cccc(-c3ccccc3)c2)c2cccc3c2c2ccccc2n3-c2ccc3oc4ccccc4c3c2)cc1. The van der Waals surface area contributed by atoms with Gasteiger partial charge in [-0.15, -0.1) is 0 Å². The van der Waals surface area contributed by atoms with Crippen molar-refractivity contribution in [2.45, 2.75) is 6.92 Å². The highest BCUT2D eigenvalue weighted by atomic mass is 16.3. The molecule has 0 fully saturated rings. The lowest BCUT2D eigenvalue weighted by atomic mass is 10.0. The number of furan rings is 1. The number of hydrogen-bond acceptors (Lipinski definition) is 2. The van der Waals surface area contributed by atoms with Gasteiger partial charge < -0.3 is 13.9 Å². The van der Waals surface area contributed by atoms with E-state index in [1.54, 1.807) is 0 Å². The van der Waals surface area contributed by atoms with E-state index in [9.17, 15) is 0 Å². The molecule has 7 aromatic carbocycles. The number of fused-ring (bicyclic) bond motifs is 6. The summed E-state index contributed by atoms with van der Waals surface area (Å²) < 4.78 is 8.57. The molecular formula is C43H30N2O. The summed E-state index contributed by atoms with van der Waals surface area (Å²) in [6, 6.07) is 58.5. The Morgan fingerprint density at radius 1 is 0.478 bits per heavy atom. The Morgan fingerprint density at radius 3 is 2.04 bits per heavy atom. The molecule has 0 aliphatic heterocycles. The van der Waals surface area contributed by atoms with Crippen molar-refractivity contribution in [3.05, 3.63) is 169 Å². The van der Waals surface area contributed by atoms with Crippen molar-refractivity contribution in [1.29, 1.82) is 0 Å². The quantitative estimate of drug-likeness (QED) is 0.199. The normalized spacial score (nSPS) is 11.6. The van der Waals surface area contributed by atoms with Crippen molar-refractivity contribution >= 4 is 60.8 Å². The molecule has 2 heterocycles. The maximum Gasteiger partial charge on any atom is 0.135 e. The predicted molar refractivity (Wildman–Crippen MR) is 193 cm³/mol. The van der Waals surface area contributed by atoms with Gasteiger partial charge in [-0.1, -0.05) is 103 Å². The maximum absolute atomic E-state index is 6.18. The molecule has 0 saturated carbocycles. The van der Waals surface area contributed by atoms with E-state index >= 15 is 0 Å². The molecule has 218 valence electrons. The minimum atomic E-state index is 0.898. The number of anilines is 3. The average Bonchev–Trinajstić information content (AvgIpc) is 3.65. The third-order valence-corrected chi connectivity index (χ3v) is 9.04. The fourth-order valence-corrected chi connectivity index (χ4v) is 6.89. The van der Waals surface area contributed by atoms with Gasteiger partial charge in [0.05, 0.1) is 16.7 Å². The van der Waals surface area contributed by atoms with Crippen molar-refractivity contribution in [2.24, 2.45) is 0 Å². The average molecular weight is 591 g/mol. The zero-order chi connectivity index (χ0) is 30.6. The van der Waals surface area contributed by atoms with Crippen LogP contribution in [0.15, 0.2) is 168 Å². The summed E-state index contributed by atoms with van der Waals surface area (Å²) in [6.45, 7) is 2.14. The second kappa shape index (κ2) is 10.5. The highest BCUT2D eigenvalue weighted by Gasteiger charge is 2.21. The monoisotopic (exact) mass is 590 g/mol. The number of benzene rings is 7. The van der Waals surface area contributed by atoms with Crippen LogP contribution in [0.2, 0.25) is 0 Å². The van der Waals surface area contributed by atoms with E-state index in [2.05, 4.69) is 168 Å². The second-order valence-electron chi connectivity index (χ2n) is 11.9. The third kappa shape index (κ3) is 4.21. The van der Waals surface area contributed by atoms with Crippen LogP contribution in [0.5, 0.6) is 0 Å². The molecule has 9 aromatic rings. The molecule has 0 unspecified atom stereocenters. The van der Waals surface area contributed by atoms with Gasteiger partial charge in [-0.3, -0.25) is 0 Å². The Balaban J connectivity index is 1.31. The topological polar surface area (TPSA) is 21.3 Å². The summed E-state index contributed by atoms with van der Waals surface area (Å²) >= 11 is 0. The van der Waals surface area contributed by atoms with Crippen LogP contribution in [0.3, 0.4) is 0 Å². The lowest BCUT2D eigenvalue weighted by molar-refractivity contribution is 0.669. The molecule has 46 heavy (non-hydrogen) atoms. The molecule has 0 aliphatic rings. The van der Waals surface area contributed by atoms with E-state index in [4.69, 9.17) is 4.42 Å². The molecule has 0 radical (unpaired) electrons. The Kier molecular flexibility index (Phi) is 6.04. The van der Waals surface area contributed by atoms with Crippen LogP contribution < -0.4 is 4.90 Å². The first-order chi connectivity index (χ1) is 22.7. The Bertz CT molecular complexity index is 2540. The number of rotatable bonds is 5. The largest absolute Gasteiger partial charge is 0.456 e. The smallest absolute Gasteiger partial charge is 0.135 e. The summed E-state index contributed by atoms with van der Waals surface area (Å²) in [5.41, 5.74) is 12.2. The molecular weight excluding hydrogens is 560 g/mol. The zero-order valence-corrected chi connectivity index (χ0v) is 25.4. The minimum absolute atomic E-state index is 0.898. The Labute approximate surface area is 267 Å². The van der Waals surface area contributed by atoms with Crippen LogP contribution in [0, 0.1) is 6.92 Å². The molecule has 2 aromatic heterocycles. The molecule has 0 N–H and O–H groups in total. The van der Waals surface area contributed by atoms with Gasteiger partial charge in [0.15, 0.2) is 0 Å². The standard InChI is InChI=1S/C43H30N2O/c1-29-21-23-32(24-22-29)44(33-14-9-13-31(27-33)30-11-3-2-4-12-30)39-18-10-19-40-43(39)36-16-5-7-17-38(36)45(40)34-25-26-42-37(28-34)35-15-6-8-20-41(35)46-42/h2-28H,1H3. The summed E-state index contributed by atoms with van der Waals surface area (Å²) in [7, 11) is 0. The molecule has 0 saturated heterocycles. The van der Waals surface area contributed by atoms with Gasteiger partial charge in [-0.2, -0.15) is 0 Å². The van der Waals surface area contributed by atoms with Crippen molar-refractivity contribution < 1.29 is 4.42 Å². The third-order valence-electron chi connectivity index (χ3n) is 9.04. The van der Waals surface area contributed by atoms with Crippen molar-refractivity contribution in [2.75, 3.05) is 4.90 Å². The molecule has 0 atom stereocenters. The van der Waals surface area contributed by atoms with Gasteiger partial charge in [0.1, 0.15) is 11.2 Å². The molecule has 9 rings (SSSR count). The number of hydrogen-bond donors (Lipinski definition) is 0. The number of para-hydroxylation sites is 2. The van der Waals surface area contributed by atoms with E-state index in [0.717, 1.165) is 50.2 Å². The van der Waals surface area contributed by atoms with Gasteiger partial charge in [0, 0.05) is 38.6 Å². The number of aromatic nitrogens is 1. The van der Waals surface area contributed by atoms with E-state index < -0.39 is 0 Å². The van der Waals surface area contributed by atoms with E-state index in [0.29, 0.717) is 0 Å². The minimum Gasteiger partial charge on any atom is -0.456 e. The van der Waals surface area contributed by atoms with Gasteiger partial charge >= 0.3 is 0 Å². The summed E-state index contributed by atoms with van der Waals surface area (Å²) in [5.74, 6) is 0. The molecule has 0 amide bonds. The van der Waals surface area contributed by atoms with Gasteiger partial charge in [0.25, 0.3) is 0 Å². The van der Waals surface area contributed by atoms with Crippen LogP contribution in [-0.4, -0.2) is 4.57 Å². The fraction of sp³-hybridized carbons (Fsp3) is 0.0233. The molecule has 0 aliphatic carbocycles. The second-order valence-corrected chi connectivity index (χ2v) is 11.9.